The van der Waals surface area contributed by atoms with E-state index in [0.29, 0.717) is 22.3 Å². The Hall–Kier alpha value is -0.500. The van der Waals surface area contributed by atoms with Crippen LogP contribution in [0.4, 0.5) is 0 Å². The highest BCUT2D eigenvalue weighted by Gasteiger charge is 2.25. The van der Waals surface area contributed by atoms with E-state index in [9.17, 15) is 8.42 Å². The normalized spacial score (nSPS) is 13.8. The summed E-state index contributed by atoms with van der Waals surface area (Å²) in [6, 6.07) is 3.33. The van der Waals surface area contributed by atoms with Gasteiger partial charge in [-0.1, -0.05) is 32.1 Å². The summed E-state index contributed by atoms with van der Waals surface area (Å²) >= 11 is 6.08. The summed E-state index contributed by atoms with van der Waals surface area (Å²) in [5.74, 6) is -0.125. The zero-order valence-electron chi connectivity index (χ0n) is 9.79. The Morgan fingerprint density at radius 3 is 2.71 bits per heavy atom. The molecule has 0 aliphatic carbocycles. The third-order valence-corrected chi connectivity index (χ3v) is 6.12. The first-order valence-electron chi connectivity index (χ1n) is 5.22. The van der Waals surface area contributed by atoms with E-state index in [-0.39, 0.29) is 5.92 Å². The lowest BCUT2D eigenvalue weighted by molar-refractivity contribution is 0.406. The molecule has 0 aromatic carbocycles. The molecular weight excluding hydrogens is 276 g/mol. The summed E-state index contributed by atoms with van der Waals surface area (Å²) in [4.78, 5) is 0.338. The molecule has 0 radical (unpaired) electrons. The minimum atomic E-state index is -3.40. The fraction of sp³-hybridized carbons (Fsp3) is 0.500. The summed E-state index contributed by atoms with van der Waals surface area (Å²) in [6.45, 7) is 4.37. The second-order valence-corrected chi connectivity index (χ2v) is 7.28. The maximum absolute atomic E-state index is 12.2. The minimum Gasteiger partial charge on any atom is -0.393 e. The van der Waals surface area contributed by atoms with Gasteiger partial charge in [-0.15, -0.1) is 11.3 Å². The molecule has 0 aliphatic rings. The van der Waals surface area contributed by atoms with Crippen molar-refractivity contribution in [3.63, 3.8) is 0 Å². The van der Waals surface area contributed by atoms with Gasteiger partial charge in [-0.3, -0.25) is 0 Å². The van der Waals surface area contributed by atoms with E-state index in [2.05, 4.69) is 0 Å². The molecule has 1 atom stereocenters. The van der Waals surface area contributed by atoms with Crippen molar-refractivity contribution in [2.45, 2.75) is 18.1 Å². The molecule has 0 bridgehead atoms. The van der Waals surface area contributed by atoms with Crippen LogP contribution in [0, 0.1) is 5.92 Å². The third-order valence-electron chi connectivity index (χ3n) is 2.41. The molecule has 1 unspecified atom stereocenters. The number of nitrogens with zero attached hydrogens (tertiary/aromatic N) is 1. The molecule has 0 aliphatic heterocycles. The molecule has 17 heavy (non-hydrogen) atoms. The van der Waals surface area contributed by atoms with Crippen molar-refractivity contribution < 1.29 is 8.42 Å². The van der Waals surface area contributed by atoms with Crippen molar-refractivity contribution in [1.29, 1.82) is 0 Å². The molecule has 1 heterocycles. The Morgan fingerprint density at radius 1 is 1.65 bits per heavy atom. The zero-order chi connectivity index (χ0) is 13.1. The van der Waals surface area contributed by atoms with Gasteiger partial charge in [-0.05, 0) is 11.4 Å². The molecule has 7 heteroatoms. The van der Waals surface area contributed by atoms with E-state index in [1.807, 2.05) is 6.92 Å². The first-order chi connectivity index (χ1) is 7.89. The van der Waals surface area contributed by atoms with Crippen molar-refractivity contribution in [2.24, 2.45) is 11.7 Å². The van der Waals surface area contributed by atoms with Crippen LogP contribution >= 0.6 is 23.6 Å². The smallest absolute Gasteiger partial charge is 0.252 e. The average molecular weight is 292 g/mol. The number of hydrogen-bond donors (Lipinski definition) is 1. The van der Waals surface area contributed by atoms with Crippen LogP contribution in [0.25, 0.3) is 0 Å². The van der Waals surface area contributed by atoms with Crippen LogP contribution in [-0.4, -0.2) is 30.8 Å². The van der Waals surface area contributed by atoms with Gasteiger partial charge in [0.1, 0.15) is 4.21 Å². The van der Waals surface area contributed by atoms with E-state index in [1.165, 1.54) is 15.6 Å². The Bertz CT molecular complexity index is 468. The summed E-state index contributed by atoms with van der Waals surface area (Å²) < 4.78 is 26.2. The van der Waals surface area contributed by atoms with Crippen LogP contribution in [0.1, 0.15) is 13.8 Å². The fourth-order valence-corrected chi connectivity index (χ4v) is 4.09. The molecule has 0 saturated heterocycles. The maximum atomic E-state index is 12.2. The van der Waals surface area contributed by atoms with Crippen LogP contribution < -0.4 is 5.73 Å². The number of nitrogens with two attached hydrogens (primary N) is 1. The van der Waals surface area contributed by atoms with Gasteiger partial charge >= 0.3 is 0 Å². The van der Waals surface area contributed by atoms with E-state index in [0.717, 1.165) is 0 Å². The zero-order valence-corrected chi connectivity index (χ0v) is 12.2. The molecule has 0 fully saturated rings. The summed E-state index contributed by atoms with van der Waals surface area (Å²) in [6.07, 6.45) is 0. The highest BCUT2D eigenvalue weighted by atomic mass is 32.2. The van der Waals surface area contributed by atoms with Gasteiger partial charge in [0, 0.05) is 19.0 Å². The minimum absolute atomic E-state index is 0.125. The fourth-order valence-electron chi connectivity index (χ4n) is 1.33. The molecule has 1 rings (SSSR count). The Kier molecular flexibility index (Phi) is 5.05. The van der Waals surface area contributed by atoms with Gasteiger partial charge in [-0.25, -0.2) is 8.42 Å². The predicted octanol–water partition coefficient (Wildman–Crippen LogP) is 1.68. The molecule has 1 aromatic rings. The van der Waals surface area contributed by atoms with Crippen molar-refractivity contribution >= 4 is 38.6 Å². The summed E-state index contributed by atoms with van der Waals surface area (Å²) in [7, 11) is -3.40. The lowest BCUT2D eigenvalue weighted by atomic mass is 10.2. The molecule has 4 nitrogen and oxygen atoms in total. The predicted molar refractivity (Wildman–Crippen MR) is 74.7 cm³/mol. The first kappa shape index (κ1) is 14.6. The number of thiocarbonyl (C=S) groups is 1. The molecule has 0 spiro atoms. The van der Waals surface area contributed by atoms with Crippen LogP contribution in [-0.2, 0) is 10.0 Å². The van der Waals surface area contributed by atoms with E-state index in [4.69, 9.17) is 18.0 Å². The third kappa shape index (κ3) is 3.48. The van der Waals surface area contributed by atoms with Crippen LogP contribution in [0.15, 0.2) is 21.7 Å². The van der Waals surface area contributed by atoms with Crippen molar-refractivity contribution in [3.8, 4) is 0 Å². The van der Waals surface area contributed by atoms with E-state index in [1.54, 1.807) is 24.4 Å². The maximum Gasteiger partial charge on any atom is 0.252 e. The molecule has 2 N–H and O–H groups in total. The van der Waals surface area contributed by atoms with Crippen LogP contribution in [0.2, 0.25) is 0 Å². The van der Waals surface area contributed by atoms with Crippen molar-refractivity contribution in [1.82, 2.24) is 4.31 Å². The quantitative estimate of drug-likeness (QED) is 0.810. The SMILES string of the molecule is CCN(CC(C)C(N)=S)S(=O)(=O)c1cccs1. The Balaban J connectivity index is 2.92. The lowest BCUT2D eigenvalue weighted by Gasteiger charge is -2.22. The highest BCUT2D eigenvalue weighted by Crippen LogP contribution is 2.21. The van der Waals surface area contributed by atoms with Gasteiger partial charge in [0.2, 0.25) is 0 Å². The second kappa shape index (κ2) is 5.90. The number of hydrogen-bond acceptors (Lipinski definition) is 4. The first-order valence-corrected chi connectivity index (χ1v) is 7.95. The summed E-state index contributed by atoms with van der Waals surface area (Å²) in [5, 5.41) is 1.75. The second-order valence-electron chi connectivity index (χ2n) is 3.69. The topological polar surface area (TPSA) is 63.4 Å². The van der Waals surface area contributed by atoms with Gasteiger partial charge in [0.05, 0.1) is 4.99 Å². The molecule has 0 saturated carbocycles. The molecule has 96 valence electrons. The van der Waals surface area contributed by atoms with E-state index >= 15 is 0 Å². The van der Waals surface area contributed by atoms with Gasteiger partial charge in [-0.2, -0.15) is 4.31 Å². The van der Waals surface area contributed by atoms with Gasteiger partial charge in [0.25, 0.3) is 10.0 Å². The number of sulfonamides is 1. The van der Waals surface area contributed by atoms with E-state index < -0.39 is 10.0 Å². The summed E-state index contributed by atoms with van der Waals surface area (Å²) in [5.41, 5.74) is 5.51. The number of rotatable bonds is 6. The molecule has 0 amide bonds. The number of thiophene rings is 1. The van der Waals surface area contributed by atoms with Crippen molar-refractivity contribution in [3.05, 3.63) is 17.5 Å². The Labute approximate surface area is 111 Å². The van der Waals surface area contributed by atoms with Gasteiger partial charge < -0.3 is 5.73 Å². The average Bonchev–Trinajstić information content (AvgIpc) is 2.78. The molecule has 1 aromatic heterocycles. The molecular formula is C10H16N2O2S3. The Morgan fingerprint density at radius 2 is 2.29 bits per heavy atom. The van der Waals surface area contributed by atoms with Gasteiger partial charge in [0.15, 0.2) is 0 Å². The van der Waals surface area contributed by atoms with Crippen LogP contribution in [0.5, 0.6) is 0 Å². The largest absolute Gasteiger partial charge is 0.393 e. The highest BCUT2D eigenvalue weighted by molar-refractivity contribution is 7.91. The van der Waals surface area contributed by atoms with Crippen LogP contribution in [0.3, 0.4) is 0 Å². The lowest BCUT2D eigenvalue weighted by Crippen LogP contribution is -2.37. The van der Waals surface area contributed by atoms with Crippen molar-refractivity contribution in [2.75, 3.05) is 13.1 Å². The standard InChI is InChI=1S/C10H16N2O2S3/c1-3-12(7-8(2)10(11)15)17(13,14)9-5-4-6-16-9/h4-6,8H,3,7H2,1-2H3,(H2,11,15). The monoisotopic (exact) mass is 292 g/mol.